The smallest absolute Gasteiger partial charge is 0.317 e. The largest absolute Gasteiger partial charge is 0.480 e. The van der Waals surface area contributed by atoms with Crippen LogP contribution >= 0.6 is 0 Å². The average Bonchev–Trinajstić information content (AvgIpc) is 2.40. The highest BCUT2D eigenvalue weighted by Crippen LogP contribution is 2.29. The molecule has 1 saturated carbocycles. The SMILES string of the molecule is COCCN(CC(=O)O)CC(=O)NC1CCCC(C)C1C. The summed E-state index contributed by atoms with van der Waals surface area (Å²) in [6, 6.07) is 0.204. The van der Waals surface area contributed by atoms with Crippen LogP contribution in [0.25, 0.3) is 0 Å². The molecule has 21 heavy (non-hydrogen) atoms. The summed E-state index contributed by atoms with van der Waals surface area (Å²) in [5.74, 6) is 0.0547. The van der Waals surface area contributed by atoms with E-state index in [1.165, 1.54) is 6.42 Å². The molecule has 122 valence electrons. The van der Waals surface area contributed by atoms with Crippen LogP contribution in [-0.2, 0) is 14.3 Å². The third-order valence-corrected chi connectivity index (χ3v) is 4.39. The molecule has 1 amide bonds. The van der Waals surface area contributed by atoms with Gasteiger partial charge in [-0.3, -0.25) is 14.5 Å². The molecule has 1 aliphatic rings. The lowest BCUT2D eigenvalue weighted by molar-refractivity contribution is -0.139. The van der Waals surface area contributed by atoms with Crippen LogP contribution in [0.15, 0.2) is 0 Å². The van der Waals surface area contributed by atoms with E-state index in [4.69, 9.17) is 9.84 Å². The quantitative estimate of drug-likeness (QED) is 0.698. The predicted octanol–water partition coefficient (Wildman–Crippen LogP) is 0.960. The minimum Gasteiger partial charge on any atom is -0.480 e. The maximum atomic E-state index is 12.1. The van der Waals surface area contributed by atoms with Crippen molar-refractivity contribution in [3.63, 3.8) is 0 Å². The highest BCUT2D eigenvalue weighted by molar-refractivity contribution is 5.79. The summed E-state index contributed by atoms with van der Waals surface area (Å²) in [5.41, 5.74) is 0. The Hall–Kier alpha value is -1.14. The van der Waals surface area contributed by atoms with Gasteiger partial charge in [-0.2, -0.15) is 0 Å². The Morgan fingerprint density at radius 3 is 2.62 bits per heavy atom. The lowest BCUT2D eigenvalue weighted by Gasteiger charge is -2.35. The molecule has 0 aliphatic heterocycles. The number of carboxylic acids is 1. The summed E-state index contributed by atoms with van der Waals surface area (Å²) in [7, 11) is 1.56. The molecule has 3 atom stereocenters. The van der Waals surface area contributed by atoms with Crippen LogP contribution in [0.4, 0.5) is 0 Å². The number of methoxy groups -OCH3 is 1. The number of aliphatic carboxylic acids is 1. The van der Waals surface area contributed by atoms with Crippen molar-refractivity contribution in [1.29, 1.82) is 0 Å². The van der Waals surface area contributed by atoms with Crippen molar-refractivity contribution in [2.24, 2.45) is 11.8 Å². The average molecular weight is 300 g/mol. The maximum absolute atomic E-state index is 12.1. The van der Waals surface area contributed by atoms with Gasteiger partial charge >= 0.3 is 5.97 Å². The Morgan fingerprint density at radius 2 is 2.00 bits per heavy atom. The molecule has 0 aromatic heterocycles. The van der Waals surface area contributed by atoms with Gasteiger partial charge in [0.05, 0.1) is 19.7 Å². The monoisotopic (exact) mass is 300 g/mol. The Bertz CT molecular complexity index is 349. The van der Waals surface area contributed by atoms with Crippen LogP contribution in [0, 0.1) is 11.8 Å². The first kappa shape index (κ1) is 17.9. The van der Waals surface area contributed by atoms with Crippen LogP contribution in [0.1, 0.15) is 33.1 Å². The fourth-order valence-corrected chi connectivity index (χ4v) is 2.87. The van der Waals surface area contributed by atoms with E-state index in [9.17, 15) is 9.59 Å². The third kappa shape index (κ3) is 6.44. The molecule has 1 aliphatic carbocycles. The Labute approximate surface area is 126 Å². The Balaban J connectivity index is 2.46. The Kier molecular flexibility index (Phi) is 7.67. The van der Waals surface area contributed by atoms with E-state index >= 15 is 0 Å². The molecular weight excluding hydrogens is 272 g/mol. The first-order chi connectivity index (χ1) is 9.93. The molecule has 0 saturated heterocycles. The molecule has 0 radical (unpaired) electrons. The van der Waals surface area contributed by atoms with Crippen LogP contribution in [-0.4, -0.2) is 61.3 Å². The molecule has 6 heteroatoms. The van der Waals surface area contributed by atoms with Crippen LogP contribution in [0.5, 0.6) is 0 Å². The molecule has 2 N–H and O–H groups in total. The summed E-state index contributed by atoms with van der Waals surface area (Å²) >= 11 is 0. The first-order valence-electron chi connectivity index (χ1n) is 7.66. The van der Waals surface area contributed by atoms with Gasteiger partial charge in [-0.25, -0.2) is 0 Å². The summed E-state index contributed by atoms with van der Waals surface area (Å²) in [6.45, 7) is 5.21. The number of amides is 1. The van der Waals surface area contributed by atoms with Crippen molar-refractivity contribution in [2.45, 2.75) is 39.2 Å². The van der Waals surface area contributed by atoms with E-state index in [0.29, 0.717) is 25.0 Å². The van der Waals surface area contributed by atoms with Crippen molar-refractivity contribution in [3.8, 4) is 0 Å². The van der Waals surface area contributed by atoms with E-state index < -0.39 is 5.97 Å². The molecule has 0 aromatic rings. The minimum atomic E-state index is -0.932. The van der Waals surface area contributed by atoms with Gasteiger partial charge in [-0.1, -0.05) is 26.7 Å². The fraction of sp³-hybridized carbons (Fsp3) is 0.867. The number of carboxylic acid groups (broad SMARTS) is 1. The van der Waals surface area contributed by atoms with Crippen LogP contribution in [0.2, 0.25) is 0 Å². The Morgan fingerprint density at radius 1 is 1.29 bits per heavy atom. The lowest BCUT2D eigenvalue weighted by atomic mass is 9.78. The zero-order valence-corrected chi connectivity index (χ0v) is 13.3. The molecule has 0 heterocycles. The number of nitrogens with zero attached hydrogens (tertiary/aromatic N) is 1. The molecule has 6 nitrogen and oxygen atoms in total. The minimum absolute atomic E-state index is 0.0988. The second kappa shape index (κ2) is 9.00. The van der Waals surface area contributed by atoms with Gasteiger partial charge in [0.15, 0.2) is 0 Å². The molecule has 0 bridgehead atoms. The maximum Gasteiger partial charge on any atom is 0.317 e. The number of nitrogens with one attached hydrogen (secondary N) is 1. The second-order valence-electron chi connectivity index (χ2n) is 6.04. The zero-order valence-electron chi connectivity index (χ0n) is 13.3. The van der Waals surface area contributed by atoms with E-state index in [-0.39, 0.29) is 25.0 Å². The standard InChI is InChI=1S/C15H28N2O4/c1-11-5-4-6-13(12(11)2)16-14(18)9-17(7-8-21-3)10-15(19)20/h11-13H,4-10H2,1-3H3,(H,16,18)(H,19,20). The van der Waals surface area contributed by atoms with E-state index in [2.05, 4.69) is 19.2 Å². The highest BCUT2D eigenvalue weighted by atomic mass is 16.5. The van der Waals surface area contributed by atoms with Gasteiger partial charge in [0.1, 0.15) is 0 Å². The molecule has 1 fully saturated rings. The molecule has 1 rings (SSSR count). The van der Waals surface area contributed by atoms with E-state index in [0.717, 1.165) is 12.8 Å². The van der Waals surface area contributed by atoms with E-state index in [1.54, 1.807) is 12.0 Å². The first-order valence-corrected chi connectivity index (χ1v) is 7.66. The van der Waals surface area contributed by atoms with Crippen molar-refractivity contribution < 1.29 is 19.4 Å². The van der Waals surface area contributed by atoms with Crippen molar-refractivity contribution in [3.05, 3.63) is 0 Å². The van der Waals surface area contributed by atoms with Gasteiger partial charge in [0, 0.05) is 19.7 Å². The van der Waals surface area contributed by atoms with Crippen molar-refractivity contribution >= 4 is 11.9 Å². The lowest BCUT2D eigenvalue weighted by Crippen LogP contribution is -2.48. The van der Waals surface area contributed by atoms with Crippen molar-refractivity contribution in [1.82, 2.24) is 10.2 Å². The van der Waals surface area contributed by atoms with Crippen LogP contribution < -0.4 is 5.32 Å². The predicted molar refractivity (Wildman–Crippen MR) is 80.1 cm³/mol. The molecular formula is C15H28N2O4. The third-order valence-electron chi connectivity index (χ3n) is 4.39. The highest BCUT2D eigenvalue weighted by Gasteiger charge is 2.28. The van der Waals surface area contributed by atoms with Crippen molar-refractivity contribution in [2.75, 3.05) is 33.4 Å². The number of hydrogen-bond acceptors (Lipinski definition) is 4. The van der Waals surface area contributed by atoms with Gasteiger partial charge in [0.25, 0.3) is 0 Å². The number of carbonyl (C=O) groups is 2. The molecule has 0 spiro atoms. The zero-order chi connectivity index (χ0) is 15.8. The fourth-order valence-electron chi connectivity index (χ4n) is 2.87. The van der Waals surface area contributed by atoms with Crippen LogP contribution in [0.3, 0.4) is 0 Å². The van der Waals surface area contributed by atoms with Gasteiger partial charge in [-0.15, -0.1) is 0 Å². The van der Waals surface area contributed by atoms with Gasteiger partial charge < -0.3 is 15.2 Å². The van der Waals surface area contributed by atoms with E-state index in [1.807, 2.05) is 0 Å². The number of hydrogen-bond donors (Lipinski definition) is 2. The summed E-state index contributed by atoms with van der Waals surface area (Å²) < 4.78 is 4.95. The summed E-state index contributed by atoms with van der Waals surface area (Å²) in [4.78, 5) is 24.6. The number of rotatable bonds is 8. The molecule has 0 aromatic carbocycles. The van der Waals surface area contributed by atoms with Gasteiger partial charge in [0.2, 0.25) is 5.91 Å². The number of carbonyl (C=O) groups excluding carboxylic acids is 1. The summed E-state index contributed by atoms with van der Waals surface area (Å²) in [6.07, 6.45) is 3.36. The summed E-state index contributed by atoms with van der Waals surface area (Å²) in [5, 5.41) is 11.9. The topological polar surface area (TPSA) is 78.9 Å². The van der Waals surface area contributed by atoms with Gasteiger partial charge in [-0.05, 0) is 18.3 Å². The molecule has 3 unspecified atom stereocenters. The normalized spacial score (nSPS) is 25.8. The number of ether oxygens (including phenoxy) is 1. The second-order valence-corrected chi connectivity index (χ2v) is 6.04.